The maximum absolute atomic E-state index is 5.72. The lowest BCUT2D eigenvalue weighted by molar-refractivity contribution is 0.316. The van der Waals surface area contributed by atoms with Gasteiger partial charge in [0.1, 0.15) is 5.75 Å². The van der Waals surface area contributed by atoms with Crippen LogP contribution >= 0.6 is 0 Å². The van der Waals surface area contributed by atoms with E-state index in [0.29, 0.717) is 6.04 Å². The molecule has 0 bridgehead atoms. The Labute approximate surface area is 111 Å². The van der Waals surface area contributed by atoms with Crippen molar-refractivity contribution in [2.75, 3.05) is 13.2 Å². The van der Waals surface area contributed by atoms with Crippen LogP contribution in [0.4, 0.5) is 0 Å². The van der Waals surface area contributed by atoms with Crippen LogP contribution in [0, 0.1) is 5.92 Å². The van der Waals surface area contributed by atoms with E-state index in [2.05, 4.69) is 43.4 Å². The van der Waals surface area contributed by atoms with Gasteiger partial charge in [-0.15, -0.1) is 0 Å². The summed E-state index contributed by atoms with van der Waals surface area (Å²) in [6, 6.07) is 9.13. The third-order valence-corrected chi connectivity index (χ3v) is 3.40. The highest BCUT2D eigenvalue weighted by atomic mass is 16.5. The summed E-state index contributed by atoms with van der Waals surface area (Å²) in [4.78, 5) is 0. The summed E-state index contributed by atoms with van der Waals surface area (Å²) >= 11 is 0. The van der Waals surface area contributed by atoms with E-state index in [4.69, 9.17) is 4.74 Å². The van der Waals surface area contributed by atoms with E-state index in [0.717, 1.165) is 31.2 Å². The minimum absolute atomic E-state index is 0.523. The molecule has 0 saturated heterocycles. The van der Waals surface area contributed by atoms with Crippen LogP contribution in [0.25, 0.3) is 0 Å². The molecule has 2 heteroatoms. The molecule has 1 aliphatic rings. The van der Waals surface area contributed by atoms with Crippen LogP contribution in [0.15, 0.2) is 24.3 Å². The summed E-state index contributed by atoms with van der Waals surface area (Å²) in [6.45, 7) is 6.26. The maximum atomic E-state index is 5.72. The molecule has 2 rings (SSSR count). The molecule has 1 N–H and O–H groups in total. The summed E-state index contributed by atoms with van der Waals surface area (Å²) in [7, 11) is 0. The standard InChI is InChI=1S/C16H25NO/c1-3-10-17-16(13-8-9-13)14-6-5-7-15(12-14)18-11-4-2/h5-7,12-13,16-17H,3-4,8-11H2,1-2H3. The zero-order chi connectivity index (χ0) is 12.8. The van der Waals surface area contributed by atoms with Gasteiger partial charge in [0.05, 0.1) is 6.61 Å². The first kappa shape index (κ1) is 13.4. The number of hydrogen-bond acceptors (Lipinski definition) is 2. The van der Waals surface area contributed by atoms with Crippen molar-refractivity contribution in [1.82, 2.24) is 5.32 Å². The van der Waals surface area contributed by atoms with E-state index >= 15 is 0 Å². The van der Waals surface area contributed by atoms with Crippen LogP contribution in [-0.2, 0) is 0 Å². The number of nitrogens with one attached hydrogen (secondary N) is 1. The molecule has 0 radical (unpaired) electrons. The smallest absolute Gasteiger partial charge is 0.119 e. The lowest BCUT2D eigenvalue weighted by atomic mass is 10.0. The van der Waals surface area contributed by atoms with Gasteiger partial charge in [-0.25, -0.2) is 0 Å². The minimum atomic E-state index is 0.523. The van der Waals surface area contributed by atoms with Crippen molar-refractivity contribution in [3.63, 3.8) is 0 Å². The molecule has 1 atom stereocenters. The fourth-order valence-electron chi connectivity index (χ4n) is 2.30. The first-order valence-corrected chi connectivity index (χ1v) is 7.31. The Balaban J connectivity index is 2.03. The lowest BCUT2D eigenvalue weighted by Crippen LogP contribution is -2.23. The van der Waals surface area contributed by atoms with E-state index in [-0.39, 0.29) is 0 Å². The van der Waals surface area contributed by atoms with Crippen LogP contribution < -0.4 is 10.1 Å². The van der Waals surface area contributed by atoms with Gasteiger partial charge in [-0.1, -0.05) is 26.0 Å². The molecule has 1 unspecified atom stereocenters. The minimum Gasteiger partial charge on any atom is -0.494 e. The van der Waals surface area contributed by atoms with Gasteiger partial charge in [0.25, 0.3) is 0 Å². The molecular formula is C16H25NO. The van der Waals surface area contributed by atoms with Crippen molar-refractivity contribution < 1.29 is 4.74 Å². The van der Waals surface area contributed by atoms with E-state index in [1.165, 1.54) is 24.8 Å². The third-order valence-electron chi connectivity index (χ3n) is 3.40. The van der Waals surface area contributed by atoms with Crippen LogP contribution in [0.2, 0.25) is 0 Å². The van der Waals surface area contributed by atoms with Gasteiger partial charge in [0.15, 0.2) is 0 Å². The second kappa shape index (κ2) is 6.79. The third kappa shape index (κ3) is 3.74. The summed E-state index contributed by atoms with van der Waals surface area (Å²) in [5, 5.41) is 3.68. The highest BCUT2D eigenvalue weighted by Gasteiger charge is 2.31. The lowest BCUT2D eigenvalue weighted by Gasteiger charge is -2.19. The molecule has 1 aliphatic carbocycles. The number of ether oxygens (including phenoxy) is 1. The zero-order valence-corrected chi connectivity index (χ0v) is 11.6. The average molecular weight is 247 g/mol. The first-order valence-electron chi connectivity index (χ1n) is 7.31. The summed E-state index contributed by atoms with van der Waals surface area (Å²) in [6.07, 6.45) is 4.97. The van der Waals surface area contributed by atoms with Crippen molar-refractivity contribution in [3.05, 3.63) is 29.8 Å². The van der Waals surface area contributed by atoms with Gasteiger partial charge in [0, 0.05) is 6.04 Å². The monoisotopic (exact) mass is 247 g/mol. The molecule has 0 spiro atoms. The molecule has 0 amide bonds. The Kier molecular flexibility index (Phi) is 5.06. The molecular weight excluding hydrogens is 222 g/mol. The maximum Gasteiger partial charge on any atom is 0.119 e. The molecule has 1 aromatic rings. The Morgan fingerprint density at radius 1 is 1.28 bits per heavy atom. The van der Waals surface area contributed by atoms with Crippen molar-refractivity contribution in [2.24, 2.45) is 5.92 Å². The topological polar surface area (TPSA) is 21.3 Å². The largest absolute Gasteiger partial charge is 0.494 e. The van der Waals surface area contributed by atoms with Crippen molar-refractivity contribution in [1.29, 1.82) is 0 Å². The van der Waals surface area contributed by atoms with Crippen LogP contribution in [0.1, 0.15) is 51.1 Å². The van der Waals surface area contributed by atoms with E-state index in [9.17, 15) is 0 Å². The fraction of sp³-hybridized carbons (Fsp3) is 0.625. The molecule has 100 valence electrons. The van der Waals surface area contributed by atoms with Gasteiger partial charge in [0.2, 0.25) is 0 Å². The second-order valence-electron chi connectivity index (χ2n) is 5.19. The molecule has 1 aromatic carbocycles. The Bertz CT molecular complexity index is 360. The predicted octanol–water partition coefficient (Wildman–Crippen LogP) is 3.93. The van der Waals surface area contributed by atoms with Crippen LogP contribution in [0.5, 0.6) is 5.75 Å². The van der Waals surface area contributed by atoms with Gasteiger partial charge >= 0.3 is 0 Å². The van der Waals surface area contributed by atoms with Crippen LogP contribution in [-0.4, -0.2) is 13.2 Å². The summed E-state index contributed by atoms with van der Waals surface area (Å²) in [5.41, 5.74) is 1.39. The quantitative estimate of drug-likeness (QED) is 0.751. The Morgan fingerprint density at radius 3 is 2.78 bits per heavy atom. The Hall–Kier alpha value is -1.02. The molecule has 2 nitrogen and oxygen atoms in total. The number of rotatable bonds is 8. The zero-order valence-electron chi connectivity index (χ0n) is 11.6. The predicted molar refractivity (Wildman–Crippen MR) is 76.0 cm³/mol. The van der Waals surface area contributed by atoms with Crippen molar-refractivity contribution in [2.45, 2.75) is 45.6 Å². The molecule has 1 saturated carbocycles. The van der Waals surface area contributed by atoms with E-state index < -0.39 is 0 Å². The molecule has 1 fully saturated rings. The molecule has 0 aromatic heterocycles. The van der Waals surface area contributed by atoms with Crippen molar-refractivity contribution in [3.8, 4) is 5.75 Å². The highest BCUT2D eigenvalue weighted by Crippen LogP contribution is 2.41. The number of hydrogen-bond donors (Lipinski definition) is 1. The van der Waals surface area contributed by atoms with E-state index in [1.54, 1.807) is 0 Å². The summed E-state index contributed by atoms with van der Waals surface area (Å²) < 4.78 is 5.72. The summed E-state index contributed by atoms with van der Waals surface area (Å²) in [5.74, 6) is 1.84. The van der Waals surface area contributed by atoms with Gasteiger partial charge in [-0.2, -0.15) is 0 Å². The molecule has 0 aliphatic heterocycles. The first-order chi connectivity index (χ1) is 8.85. The number of benzene rings is 1. The van der Waals surface area contributed by atoms with Crippen molar-refractivity contribution >= 4 is 0 Å². The molecule has 18 heavy (non-hydrogen) atoms. The average Bonchev–Trinajstić information content (AvgIpc) is 3.22. The van der Waals surface area contributed by atoms with Crippen LogP contribution in [0.3, 0.4) is 0 Å². The van der Waals surface area contributed by atoms with Gasteiger partial charge in [-0.3, -0.25) is 0 Å². The Morgan fingerprint density at radius 2 is 2.11 bits per heavy atom. The SMILES string of the molecule is CCCNC(c1cccc(OCCC)c1)C1CC1. The van der Waals surface area contributed by atoms with E-state index in [1.807, 2.05) is 0 Å². The second-order valence-corrected chi connectivity index (χ2v) is 5.19. The van der Waals surface area contributed by atoms with Gasteiger partial charge in [-0.05, 0) is 55.8 Å². The normalized spacial score (nSPS) is 16.6. The fourth-order valence-corrected chi connectivity index (χ4v) is 2.30. The van der Waals surface area contributed by atoms with Gasteiger partial charge < -0.3 is 10.1 Å². The highest BCUT2D eigenvalue weighted by molar-refractivity contribution is 5.31. The molecule has 0 heterocycles.